The van der Waals surface area contributed by atoms with Crippen molar-refractivity contribution in [1.82, 2.24) is 0 Å². The molecule has 4 heteroatoms. The first kappa shape index (κ1) is 9.29. The van der Waals surface area contributed by atoms with E-state index in [1.807, 2.05) is 0 Å². The molecule has 0 radical (unpaired) electrons. The van der Waals surface area contributed by atoms with E-state index in [4.69, 9.17) is 9.84 Å². The standard InChI is InChI=1S/C9H9NO3/c11-7-10-5-6-13-9-3-1-8(12)2-4-9/h1-4,12H,5-6H2. The quantitative estimate of drug-likeness (QED) is 0.428. The number of phenolic OH excluding ortho intramolecular Hbond substituents is 1. The minimum absolute atomic E-state index is 0.193. The maximum Gasteiger partial charge on any atom is 0.235 e. The molecule has 1 aromatic carbocycles. The predicted molar refractivity (Wildman–Crippen MR) is 46.6 cm³/mol. The fraction of sp³-hybridized carbons (Fsp3) is 0.222. The maximum absolute atomic E-state index is 9.68. The predicted octanol–water partition coefficient (Wildman–Crippen LogP) is 1.11. The van der Waals surface area contributed by atoms with Crippen LogP contribution in [0.5, 0.6) is 11.5 Å². The molecular formula is C9H9NO3. The number of benzene rings is 1. The number of hydrogen-bond acceptors (Lipinski definition) is 4. The van der Waals surface area contributed by atoms with E-state index in [2.05, 4.69) is 4.99 Å². The fourth-order valence-electron chi connectivity index (χ4n) is 0.797. The summed E-state index contributed by atoms with van der Waals surface area (Å²) in [5.74, 6) is 0.831. The summed E-state index contributed by atoms with van der Waals surface area (Å²) in [7, 11) is 0. The number of carbonyl (C=O) groups excluding carboxylic acids is 1. The second kappa shape index (κ2) is 4.95. The Hall–Kier alpha value is -1.80. The van der Waals surface area contributed by atoms with Crippen molar-refractivity contribution in [3.05, 3.63) is 24.3 Å². The normalized spacial score (nSPS) is 8.92. The van der Waals surface area contributed by atoms with Crippen molar-refractivity contribution in [2.75, 3.05) is 13.2 Å². The van der Waals surface area contributed by atoms with Gasteiger partial charge in [-0.15, -0.1) is 0 Å². The summed E-state index contributed by atoms with van der Waals surface area (Å²) >= 11 is 0. The van der Waals surface area contributed by atoms with Crippen LogP contribution in [-0.4, -0.2) is 24.3 Å². The molecule has 0 aliphatic carbocycles. The number of isocyanates is 1. The minimum atomic E-state index is 0.193. The summed E-state index contributed by atoms with van der Waals surface area (Å²) in [6.07, 6.45) is 1.42. The summed E-state index contributed by atoms with van der Waals surface area (Å²) in [5, 5.41) is 8.94. The van der Waals surface area contributed by atoms with Gasteiger partial charge in [-0.25, -0.2) is 9.79 Å². The molecule has 13 heavy (non-hydrogen) atoms. The molecule has 0 amide bonds. The molecule has 0 spiro atoms. The third-order valence-corrected chi connectivity index (χ3v) is 1.37. The molecular weight excluding hydrogens is 170 g/mol. The molecule has 68 valence electrons. The van der Waals surface area contributed by atoms with Crippen molar-refractivity contribution >= 4 is 6.08 Å². The van der Waals surface area contributed by atoms with Crippen LogP contribution >= 0.6 is 0 Å². The second-order valence-corrected chi connectivity index (χ2v) is 2.32. The van der Waals surface area contributed by atoms with Crippen LogP contribution in [0.3, 0.4) is 0 Å². The average Bonchev–Trinajstić information content (AvgIpc) is 2.15. The molecule has 0 aliphatic rings. The average molecular weight is 179 g/mol. The molecule has 0 bridgehead atoms. The lowest BCUT2D eigenvalue weighted by Crippen LogP contribution is -2.00. The van der Waals surface area contributed by atoms with Crippen molar-refractivity contribution in [2.24, 2.45) is 4.99 Å². The highest BCUT2D eigenvalue weighted by Crippen LogP contribution is 2.15. The van der Waals surface area contributed by atoms with Gasteiger partial charge >= 0.3 is 0 Å². The van der Waals surface area contributed by atoms with E-state index >= 15 is 0 Å². The second-order valence-electron chi connectivity index (χ2n) is 2.32. The minimum Gasteiger partial charge on any atom is -0.508 e. The first-order valence-electron chi connectivity index (χ1n) is 3.78. The smallest absolute Gasteiger partial charge is 0.235 e. The molecule has 1 rings (SSSR count). The zero-order valence-corrected chi connectivity index (χ0v) is 6.93. The van der Waals surface area contributed by atoms with E-state index in [9.17, 15) is 4.79 Å². The maximum atomic E-state index is 9.68. The van der Waals surface area contributed by atoms with Crippen LogP contribution in [0.2, 0.25) is 0 Å². The molecule has 4 nitrogen and oxygen atoms in total. The topological polar surface area (TPSA) is 58.9 Å². The number of nitrogens with zero attached hydrogens (tertiary/aromatic N) is 1. The molecule has 0 aromatic heterocycles. The monoisotopic (exact) mass is 179 g/mol. The van der Waals surface area contributed by atoms with Crippen LogP contribution in [-0.2, 0) is 4.79 Å². The van der Waals surface area contributed by atoms with Crippen molar-refractivity contribution in [2.45, 2.75) is 0 Å². The Morgan fingerprint density at radius 3 is 2.69 bits per heavy atom. The number of aliphatic imine (C=N–C) groups is 1. The molecule has 0 atom stereocenters. The number of rotatable bonds is 4. The Kier molecular flexibility index (Phi) is 3.54. The number of aromatic hydroxyl groups is 1. The number of hydrogen-bond donors (Lipinski definition) is 1. The molecule has 0 fully saturated rings. The highest BCUT2D eigenvalue weighted by Gasteiger charge is 1.92. The Morgan fingerprint density at radius 1 is 1.38 bits per heavy atom. The molecule has 0 aliphatic heterocycles. The summed E-state index contributed by atoms with van der Waals surface area (Å²) in [6, 6.07) is 6.33. The van der Waals surface area contributed by atoms with Gasteiger partial charge in [0.2, 0.25) is 6.08 Å². The Labute approximate surface area is 75.5 Å². The summed E-state index contributed by atoms with van der Waals surface area (Å²) in [6.45, 7) is 0.629. The van der Waals surface area contributed by atoms with Crippen molar-refractivity contribution < 1.29 is 14.6 Å². The van der Waals surface area contributed by atoms with Gasteiger partial charge < -0.3 is 9.84 Å². The summed E-state index contributed by atoms with van der Waals surface area (Å²) < 4.78 is 5.18. The van der Waals surface area contributed by atoms with Crippen LogP contribution in [0.25, 0.3) is 0 Å². The van der Waals surface area contributed by atoms with Gasteiger partial charge in [-0.05, 0) is 24.3 Å². The van der Waals surface area contributed by atoms with E-state index < -0.39 is 0 Å². The summed E-state index contributed by atoms with van der Waals surface area (Å²) in [5.41, 5.74) is 0. The van der Waals surface area contributed by atoms with E-state index in [0.717, 1.165) is 0 Å². The van der Waals surface area contributed by atoms with Crippen molar-refractivity contribution in [3.8, 4) is 11.5 Å². The van der Waals surface area contributed by atoms with Crippen LogP contribution < -0.4 is 4.74 Å². The van der Waals surface area contributed by atoms with Gasteiger partial charge in [0, 0.05) is 0 Å². The van der Waals surface area contributed by atoms with Gasteiger partial charge in [0.05, 0.1) is 6.54 Å². The Balaban J connectivity index is 2.37. The van der Waals surface area contributed by atoms with E-state index in [1.54, 1.807) is 12.1 Å². The number of ether oxygens (including phenoxy) is 1. The van der Waals surface area contributed by atoms with Gasteiger partial charge in [0.15, 0.2) is 0 Å². The molecule has 0 heterocycles. The molecule has 1 aromatic rings. The van der Waals surface area contributed by atoms with Crippen LogP contribution in [0, 0.1) is 0 Å². The third-order valence-electron chi connectivity index (χ3n) is 1.37. The third kappa shape index (κ3) is 3.40. The lowest BCUT2D eigenvalue weighted by molar-refractivity contribution is 0.328. The highest BCUT2D eigenvalue weighted by atomic mass is 16.5. The lowest BCUT2D eigenvalue weighted by Gasteiger charge is -2.02. The highest BCUT2D eigenvalue weighted by molar-refractivity contribution is 5.33. The zero-order chi connectivity index (χ0) is 9.52. The lowest BCUT2D eigenvalue weighted by atomic mass is 10.3. The Morgan fingerprint density at radius 2 is 2.08 bits per heavy atom. The SMILES string of the molecule is O=C=NCCOc1ccc(O)cc1. The molecule has 0 saturated heterocycles. The summed E-state index contributed by atoms with van der Waals surface area (Å²) in [4.78, 5) is 13.0. The van der Waals surface area contributed by atoms with Gasteiger partial charge in [-0.1, -0.05) is 0 Å². The van der Waals surface area contributed by atoms with Gasteiger partial charge in [-0.2, -0.15) is 0 Å². The van der Waals surface area contributed by atoms with E-state index in [1.165, 1.54) is 18.2 Å². The van der Waals surface area contributed by atoms with Gasteiger partial charge in [-0.3, -0.25) is 0 Å². The van der Waals surface area contributed by atoms with Crippen LogP contribution in [0.1, 0.15) is 0 Å². The van der Waals surface area contributed by atoms with Gasteiger partial charge in [0.1, 0.15) is 18.1 Å². The van der Waals surface area contributed by atoms with Gasteiger partial charge in [0.25, 0.3) is 0 Å². The molecule has 0 unspecified atom stereocenters. The van der Waals surface area contributed by atoms with E-state index in [-0.39, 0.29) is 5.75 Å². The van der Waals surface area contributed by atoms with Crippen LogP contribution in [0.4, 0.5) is 0 Å². The van der Waals surface area contributed by atoms with Crippen LogP contribution in [0.15, 0.2) is 29.3 Å². The van der Waals surface area contributed by atoms with E-state index in [0.29, 0.717) is 18.9 Å². The number of phenols is 1. The molecule has 1 N–H and O–H groups in total. The molecule has 0 saturated carbocycles. The van der Waals surface area contributed by atoms with Crippen molar-refractivity contribution in [1.29, 1.82) is 0 Å². The Bertz CT molecular complexity index is 301. The first-order valence-corrected chi connectivity index (χ1v) is 3.78. The first-order chi connectivity index (χ1) is 6.33. The zero-order valence-electron chi connectivity index (χ0n) is 6.93. The largest absolute Gasteiger partial charge is 0.508 e. The fourth-order valence-corrected chi connectivity index (χ4v) is 0.797. The van der Waals surface area contributed by atoms with Crippen molar-refractivity contribution in [3.63, 3.8) is 0 Å².